The number of aliphatic hydroxyl groups excluding tert-OH is 1. The van der Waals surface area contributed by atoms with Crippen LogP contribution in [-0.2, 0) is 25.5 Å². The van der Waals surface area contributed by atoms with Crippen molar-refractivity contribution in [3.8, 4) is 5.75 Å². The average Bonchev–Trinajstić information content (AvgIpc) is 2.99. The Labute approximate surface area is 248 Å². The molecule has 0 spiro atoms. The molecule has 3 amide bonds. The Morgan fingerprint density at radius 2 is 1.61 bits per heavy atom. The molecular formula is C28H31F5N4O7. The number of aliphatic hydroxyl groups is 1. The first-order chi connectivity index (χ1) is 20.6. The summed E-state index contributed by atoms with van der Waals surface area (Å²) in [6.45, 7) is 5.66. The number of aromatic hydroxyl groups is 1. The molecule has 16 heteroatoms. The molecule has 240 valence electrons. The Bertz CT molecular complexity index is 1420. The van der Waals surface area contributed by atoms with Crippen LogP contribution in [0, 0.1) is 40.9 Å². The van der Waals surface area contributed by atoms with Gasteiger partial charge in [0, 0.05) is 24.1 Å². The van der Waals surface area contributed by atoms with Gasteiger partial charge in [-0.05, 0) is 32.4 Å². The summed E-state index contributed by atoms with van der Waals surface area (Å²) in [5.41, 5.74) is -1.90. The van der Waals surface area contributed by atoms with Gasteiger partial charge < -0.3 is 30.9 Å². The van der Waals surface area contributed by atoms with E-state index in [9.17, 15) is 51.3 Å². The SMILES string of the molecule is CCC(C)C1OC(=O)C(C)C(O)C(Cc2c(F)c(F)c(F)c(F)c2F)NC(=O)C(NC(=O)c2ncccc2O)C(C)NC1=O. The third kappa shape index (κ3) is 7.06. The zero-order valence-electron chi connectivity index (χ0n) is 24.0. The van der Waals surface area contributed by atoms with Crippen LogP contribution in [0.5, 0.6) is 5.75 Å². The van der Waals surface area contributed by atoms with Crippen molar-refractivity contribution in [2.24, 2.45) is 11.8 Å². The van der Waals surface area contributed by atoms with Gasteiger partial charge in [0.05, 0.1) is 24.1 Å². The molecule has 1 saturated heterocycles. The highest BCUT2D eigenvalue weighted by atomic mass is 19.2. The van der Waals surface area contributed by atoms with Crippen LogP contribution in [0.15, 0.2) is 18.3 Å². The van der Waals surface area contributed by atoms with E-state index in [0.29, 0.717) is 6.42 Å². The molecular weight excluding hydrogens is 599 g/mol. The average molecular weight is 631 g/mol. The molecule has 44 heavy (non-hydrogen) atoms. The van der Waals surface area contributed by atoms with Crippen molar-refractivity contribution in [2.75, 3.05) is 0 Å². The van der Waals surface area contributed by atoms with E-state index in [1.54, 1.807) is 13.8 Å². The minimum Gasteiger partial charge on any atom is -0.505 e. The quantitative estimate of drug-likeness (QED) is 0.139. The van der Waals surface area contributed by atoms with E-state index in [-0.39, 0.29) is 0 Å². The van der Waals surface area contributed by atoms with Crippen molar-refractivity contribution < 1.29 is 56.1 Å². The highest BCUT2D eigenvalue weighted by Gasteiger charge is 2.41. The Hall–Kier alpha value is -4.34. The van der Waals surface area contributed by atoms with Crippen molar-refractivity contribution in [1.82, 2.24) is 20.9 Å². The number of cyclic esters (lactones) is 1. The normalized spacial score (nSPS) is 25.5. The first-order valence-corrected chi connectivity index (χ1v) is 13.5. The fourth-order valence-corrected chi connectivity index (χ4v) is 4.53. The summed E-state index contributed by atoms with van der Waals surface area (Å²) in [4.78, 5) is 56.4. The molecule has 0 bridgehead atoms. The number of ether oxygens (including phenoxy) is 1. The standard InChI is InChI=1S/C28H31F5N4O7/c1-5-10(2)24-27(42)35-12(4)21(37-26(41)22-15(38)7-6-8-34-22)25(40)36-14(23(39)11(3)28(43)44-24)9-13-16(29)18(31)20(33)19(32)17(13)30/h6-8,10-12,14,21,23-24,38-39H,5,9H2,1-4H3,(H,35,42)(H,36,40)(H,37,41). The molecule has 1 fully saturated rings. The molecule has 5 N–H and O–H groups in total. The number of carbonyl (C=O) groups excluding carboxylic acids is 4. The van der Waals surface area contributed by atoms with Gasteiger partial charge in [-0.25, -0.2) is 26.9 Å². The van der Waals surface area contributed by atoms with Crippen LogP contribution in [0.2, 0.25) is 0 Å². The van der Waals surface area contributed by atoms with Gasteiger partial charge in [0.15, 0.2) is 35.1 Å². The molecule has 0 aliphatic carbocycles. The van der Waals surface area contributed by atoms with Crippen LogP contribution in [-0.4, -0.2) is 69.2 Å². The zero-order chi connectivity index (χ0) is 33.0. The van der Waals surface area contributed by atoms with Crippen LogP contribution < -0.4 is 16.0 Å². The maximum Gasteiger partial charge on any atom is 0.312 e. The van der Waals surface area contributed by atoms with Gasteiger partial charge in [-0.1, -0.05) is 13.8 Å². The highest BCUT2D eigenvalue weighted by molar-refractivity contribution is 5.98. The van der Waals surface area contributed by atoms with E-state index in [1.165, 1.54) is 19.2 Å². The molecule has 1 aromatic heterocycles. The number of hydrogen-bond donors (Lipinski definition) is 5. The van der Waals surface area contributed by atoms with Crippen molar-refractivity contribution in [3.05, 3.63) is 58.7 Å². The summed E-state index contributed by atoms with van der Waals surface area (Å²) in [7, 11) is 0. The summed E-state index contributed by atoms with van der Waals surface area (Å²) in [6, 6.07) is -2.48. The fourth-order valence-electron chi connectivity index (χ4n) is 4.53. The number of pyridine rings is 1. The third-order valence-corrected chi connectivity index (χ3v) is 7.45. The Morgan fingerprint density at radius 1 is 1.02 bits per heavy atom. The van der Waals surface area contributed by atoms with Crippen molar-refractivity contribution >= 4 is 23.7 Å². The largest absolute Gasteiger partial charge is 0.505 e. The lowest BCUT2D eigenvalue weighted by molar-refractivity contribution is -0.167. The molecule has 1 aromatic carbocycles. The number of aromatic nitrogens is 1. The molecule has 0 radical (unpaired) electrons. The summed E-state index contributed by atoms with van der Waals surface area (Å²) in [6.07, 6.45) is -3.21. The number of nitrogens with zero attached hydrogens (tertiary/aromatic N) is 1. The molecule has 1 aliphatic rings. The van der Waals surface area contributed by atoms with Crippen molar-refractivity contribution in [3.63, 3.8) is 0 Å². The van der Waals surface area contributed by atoms with E-state index in [4.69, 9.17) is 4.74 Å². The summed E-state index contributed by atoms with van der Waals surface area (Å²) < 4.78 is 76.2. The molecule has 3 rings (SSSR count). The van der Waals surface area contributed by atoms with E-state index in [1.807, 2.05) is 0 Å². The van der Waals surface area contributed by atoms with Gasteiger partial charge in [-0.15, -0.1) is 0 Å². The highest BCUT2D eigenvalue weighted by Crippen LogP contribution is 2.26. The predicted molar refractivity (Wildman–Crippen MR) is 141 cm³/mol. The number of hydrogen-bond acceptors (Lipinski definition) is 8. The monoisotopic (exact) mass is 630 g/mol. The Morgan fingerprint density at radius 3 is 2.18 bits per heavy atom. The number of carbonyl (C=O) groups is 4. The van der Waals surface area contributed by atoms with Gasteiger partial charge >= 0.3 is 5.97 Å². The van der Waals surface area contributed by atoms with Crippen LogP contribution in [0.25, 0.3) is 0 Å². The van der Waals surface area contributed by atoms with Crippen LogP contribution >= 0.6 is 0 Å². The van der Waals surface area contributed by atoms with E-state index in [2.05, 4.69) is 20.9 Å². The summed E-state index contributed by atoms with van der Waals surface area (Å²) >= 11 is 0. The second kappa shape index (κ2) is 14.0. The Kier molecular flexibility index (Phi) is 10.8. The van der Waals surface area contributed by atoms with Crippen LogP contribution in [0.4, 0.5) is 22.0 Å². The number of halogens is 5. The molecule has 7 atom stereocenters. The minimum absolute atomic E-state index is 0.332. The molecule has 2 aromatic rings. The second-order valence-electron chi connectivity index (χ2n) is 10.5. The number of nitrogens with one attached hydrogen (secondary N) is 3. The van der Waals surface area contributed by atoms with Crippen LogP contribution in [0.1, 0.15) is 50.2 Å². The molecule has 2 heterocycles. The zero-order valence-corrected chi connectivity index (χ0v) is 24.0. The molecule has 11 nitrogen and oxygen atoms in total. The fraction of sp³-hybridized carbons (Fsp3) is 0.464. The van der Waals surface area contributed by atoms with Crippen LogP contribution in [0.3, 0.4) is 0 Å². The lowest BCUT2D eigenvalue weighted by atomic mass is 9.91. The van der Waals surface area contributed by atoms with Gasteiger partial charge in [-0.2, -0.15) is 0 Å². The van der Waals surface area contributed by atoms with Crippen molar-refractivity contribution in [1.29, 1.82) is 0 Å². The van der Waals surface area contributed by atoms with E-state index >= 15 is 0 Å². The number of amides is 3. The predicted octanol–water partition coefficient (Wildman–Crippen LogP) is 1.78. The number of benzene rings is 1. The van der Waals surface area contributed by atoms with Crippen molar-refractivity contribution in [2.45, 2.75) is 70.9 Å². The lowest BCUT2D eigenvalue weighted by Gasteiger charge is -2.34. The first kappa shape index (κ1) is 34.2. The molecule has 0 saturated carbocycles. The van der Waals surface area contributed by atoms with Gasteiger partial charge in [0.25, 0.3) is 11.8 Å². The lowest BCUT2D eigenvalue weighted by Crippen LogP contribution is -2.62. The summed E-state index contributed by atoms with van der Waals surface area (Å²) in [5, 5.41) is 28.1. The van der Waals surface area contributed by atoms with Gasteiger partial charge in [-0.3, -0.25) is 19.2 Å². The third-order valence-electron chi connectivity index (χ3n) is 7.45. The minimum atomic E-state index is -2.43. The second-order valence-corrected chi connectivity index (χ2v) is 10.5. The topological polar surface area (TPSA) is 167 Å². The summed E-state index contributed by atoms with van der Waals surface area (Å²) in [5.74, 6) is -18.5. The molecule has 7 unspecified atom stereocenters. The maximum atomic E-state index is 14.6. The van der Waals surface area contributed by atoms with E-state index in [0.717, 1.165) is 13.0 Å². The van der Waals surface area contributed by atoms with Gasteiger partial charge in [0.1, 0.15) is 11.8 Å². The number of rotatable bonds is 6. The molecule has 1 aliphatic heterocycles. The first-order valence-electron chi connectivity index (χ1n) is 13.5. The number of esters is 1. The van der Waals surface area contributed by atoms with E-state index < -0.39 is 118 Å². The smallest absolute Gasteiger partial charge is 0.312 e. The Balaban J connectivity index is 2.11. The van der Waals surface area contributed by atoms with Gasteiger partial charge in [0.2, 0.25) is 11.7 Å². The maximum absolute atomic E-state index is 14.6.